The number of carbonyl (C=O) groups excluding carboxylic acids is 1. The molecule has 0 bridgehead atoms. The van der Waals surface area contributed by atoms with Gasteiger partial charge in [-0.05, 0) is 32.1 Å². The second kappa shape index (κ2) is 5.22. The molecule has 7 heteroatoms. The maximum Gasteiger partial charge on any atom is 0.306 e. The number of carboxylic acids is 1. The highest BCUT2D eigenvalue weighted by Gasteiger charge is 2.30. The maximum absolute atomic E-state index is 12.0. The van der Waals surface area contributed by atoms with Crippen molar-refractivity contribution in [1.29, 1.82) is 0 Å². The van der Waals surface area contributed by atoms with E-state index in [1.54, 1.807) is 0 Å². The minimum Gasteiger partial charge on any atom is -0.481 e. The van der Waals surface area contributed by atoms with Crippen molar-refractivity contribution in [3.63, 3.8) is 0 Å². The van der Waals surface area contributed by atoms with Crippen molar-refractivity contribution in [1.82, 2.24) is 20.5 Å². The van der Waals surface area contributed by atoms with Gasteiger partial charge in [0, 0.05) is 12.0 Å². The lowest BCUT2D eigenvalue weighted by Gasteiger charge is -2.26. The van der Waals surface area contributed by atoms with Gasteiger partial charge in [-0.1, -0.05) is 6.42 Å². The van der Waals surface area contributed by atoms with E-state index in [1.807, 2.05) is 0 Å². The van der Waals surface area contributed by atoms with E-state index in [0.29, 0.717) is 18.8 Å². The molecule has 1 heterocycles. The minimum absolute atomic E-state index is 0.0970. The summed E-state index contributed by atoms with van der Waals surface area (Å²) in [4.78, 5) is 27.2. The molecule has 0 aliphatic heterocycles. The second-order valence-corrected chi connectivity index (χ2v) is 5.69. The fourth-order valence-corrected chi connectivity index (χ4v) is 2.71. The fourth-order valence-electron chi connectivity index (χ4n) is 2.71. The molecular weight excluding hydrogens is 260 g/mol. The Labute approximate surface area is 116 Å². The van der Waals surface area contributed by atoms with Crippen LogP contribution in [0, 0.1) is 5.92 Å². The van der Waals surface area contributed by atoms with E-state index in [0.717, 1.165) is 31.5 Å². The molecule has 0 saturated heterocycles. The molecule has 0 spiro atoms. The zero-order valence-corrected chi connectivity index (χ0v) is 11.1. The number of nitrogens with zero attached hydrogens (tertiary/aromatic N) is 2. The van der Waals surface area contributed by atoms with E-state index in [2.05, 4.69) is 20.5 Å². The number of aromatic nitrogens is 3. The molecule has 0 aromatic carbocycles. The van der Waals surface area contributed by atoms with Gasteiger partial charge in [0.1, 0.15) is 5.82 Å². The van der Waals surface area contributed by atoms with Crippen LogP contribution in [0.25, 0.3) is 0 Å². The topological polar surface area (TPSA) is 108 Å². The van der Waals surface area contributed by atoms with Crippen LogP contribution in [0.2, 0.25) is 0 Å². The summed E-state index contributed by atoms with van der Waals surface area (Å²) in [6.45, 7) is 0. The Morgan fingerprint density at radius 2 is 2.05 bits per heavy atom. The number of hydrogen-bond acceptors (Lipinski definition) is 4. The number of amides is 1. The quantitative estimate of drug-likeness (QED) is 0.763. The normalized spacial score (nSPS) is 26.2. The first kappa shape index (κ1) is 13.1. The molecular formula is C13H18N4O3. The Balaban J connectivity index is 1.58. The zero-order valence-electron chi connectivity index (χ0n) is 11.1. The third kappa shape index (κ3) is 2.81. The van der Waals surface area contributed by atoms with Crippen LogP contribution in [0.15, 0.2) is 0 Å². The first-order chi connectivity index (χ1) is 9.63. The van der Waals surface area contributed by atoms with Crippen LogP contribution in [0.1, 0.15) is 60.9 Å². The summed E-state index contributed by atoms with van der Waals surface area (Å²) in [5.74, 6) is -0.0908. The molecule has 2 aliphatic rings. The first-order valence-electron chi connectivity index (χ1n) is 7.09. The predicted molar refractivity (Wildman–Crippen MR) is 69.2 cm³/mol. The van der Waals surface area contributed by atoms with Crippen molar-refractivity contribution in [3.8, 4) is 0 Å². The molecule has 2 atom stereocenters. The fraction of sp³-hybridized carbons (Fsp3) is 0.692. The van der Waals surface area contributed by atoms with Crippen molar-refractivity contribution < 1.29 is 14.7 Å². The Hall–Kier alpha value is -1.92. The van der Waals surface area contributed by atoms with E-state index < -0.39 is 5.97 Å². The molecule has 2 saturated carbocycles. The van der Waals surface area contributed by atoms with Crippen molar-refractivity contribution >= 4 is 11.9 Å². The third-order valence-corrected chi connectivity index (χ3v) is 4.03. The molecule has 2 fully saturated rings. The Bertz CT molecular complexity index is 523. The predicted octanol–water partition coefficient (Wildman–Crippen LogP) is 1.06. The molecule has 3 N–H and O–H groups in total. The molecule has 0 radical (unpaired) electrons. The lowest BCUT2D eigenvalue weighted by atomic mass is 9.86. The summed E-state index contributed by atoms with van der Waals surface area (Å²) in [5, 5.41) is 18.6. The summed E-state index contributed by atoms with van der Waals surface area (Å²) in [5.41, 5.74) is 0. The molecule has 108 valence electrons. The molecule has 2 unspecified atom stereocenters. The van der Waals surface area contributed by atoms with E-state index >= 15 is 0 Å². The van der Waals surface area contributed by atoms with Crippen LogP contribution in [-0.2, 0) is 4.79 Å². The summed E-state index contributed by atoms with van der Waals surface area (Å²) in [6, 6.07) is -0.0970. The number of aliphatic carboxylic acids is 1. The number of hydrogen-bond donors (Lipinski definition) is 3. The zero-order chi connectivity index (χ0) is 14.1. The van der Waals surface area contributed by atoms with Crippen molar-refractivity contribution in [2.24, 2.45) is 5.92 Å². The van der Waals surface area contributed by atoms with Crippen molar-refractivity contribution in [2.75, 3.05) is 0 Å². The number of H-pyrrole nitrogens is 1. The standard InChI is InChI=1S/C13H18N4O3/c18-12(11-15-10(16-17-11)7-4-5-7)14-9-3-1-2-8(6-9)13(19)20/h7-9H,1-6H2,(H,14,18)(H,19,20)(H,15,16,17). The van der Waals surface area contributed by atoms with Gasteiger partial charge in [0.05, 0.1) is 5.92 Å². The monoisotopic (exact) mass is 278 g/mol. The summed E-state index contributed by atoms with van der Waals surface area (Å²) >= 11 is 0. The number of carbonyl (C=O) groups is 2. The number of nitrogens with one attached hydrogen (secondary N) is 2. The lowest BCUT2D eigenvalue weighted by molar-refractivity contribution is -0.143. The largest absolute Gasteiger partial charge is 0.481 e. The molecule has 1 aromatic rings. The highest BCUT2D eigenvalue weighted by Crippen LogP contribution is 2.37. The van der Waals surface area contributed by atoms with Crippen LogP contribution < -0.4 is 5.32 Å². The molecule has 7 nitrogen and oxygen atoms in total. The van der Waals surface area contributed by atoms with Gasteiger partial charge in [0.25, 0.3) is 5.91 Å². The lowest BCUT2D eigenvalue weighted by Crippen LogP contribution is -2.40. The van der Waals surface area contributed by atoms with Crippen LogP contribution in [-0.4, -0.2) is 38.2 Å². The minimum atomic E-state index is -0.780. The van der Waals surface area contributed by atoms with E-state index in [-0.39, 0.29) is 23.7 Å². The molecule has 2 aliphatic carbocycles. The molecule has 3 rings (SSSR count). The average Bonchev–Trinajstić information content (AvgIpc) is 3.16. The number of aromatic amines is 1. The number of carboxylic acid groups (broad SMARTS) is 1. The first-order valence-corrected chi connectivity index (χ1v) is 7.09. The Morgan fingerprint density at radius 3 is 2.75 bits per heavy atom. The Kier molecular flexibility index (Phi) is 3.42. The van der Waals surface area contributed by atoms with E-state index in [1.165, 1.54) is 0 Å². The van der Waals surface area contributed by atoms with Gasteiger partial charge in [-0.3, -0.25) is 14.7 Å². The highest BCUT2D eigenvalue weighted by molar-refractivity contribution is 5.90. The van der Waals surface area contributed by atoms with Gasteiger partial charge in [0.2, 0.25) is 5.82 Å². The van der Waals surface area contributed by atoms with Gasteiger partial charge < -0.3 is 10.4 Å². The van der Waals surface area contributed by atoms with Gasteiger partial charge in [-0.15, -0.1) is 5.10 Å². The highest BCUT2D eigenvalue weighted by atomic mass is 16.4. The second-order valence-electron chi connectivity index (χ2n) is 5.69. The molecule has 1 aromatic heterocycles. The summed E-state index contributed by atoms with van der Waals surface area (Å²) < 4.78 is 0. The van der Waals surface area contributed by atoms with Crippen LogP contribution in [0.4, 0.5) is 0 Å². The van der Waals surface area contributed by atoms with Gasteiger partial charge in [0.15, 0.2) is 0 Å². The Morgan fingerprint density at radius 1 is 1.25 bits per heavy atom. The van der Waals surface area contributed by atoms with Gasteiger partial charge in [-0.2, -0.15) is 0 Å². The van der Waals surface area contributed by atoms with Crippen LogP contribution >= 0.6 is 0 Å². The van der Waals surface area contributed by atoms with Gasteiger partial charge in [-0.25, -0.2) is 4.98 Å². The molecule has 1 amide bonds. The van der Waals surface area contributed by atoms with Crippen molar-refractivity contribution in [3.05, 3.63) is 11.6 Å². The smallest absolute Gasteiger partial charge is 0.306 e. The van der Waals surface area contributed by atoms with Crippen LogP contribution in [0.5, 0.6) is 0 Å². The van der Waals surface area contributed by atoms with Crippen LogP contribution in [0.3, 0.4) is 0 Å². The van der Waals surface area contributed by atoms with E-state index in [4.69, 9.17) is 5.11 Å². The van der Waals surface area contributed by atoms with Crippen molar-refractivity contribution in [2.45, 2.75) is 50.5 Å². The van der Waals surface area contributed by atoms with E-state index in [9.17, 15) is 9.59 Å². The third-order valence-electron chi connectivity index (χ3n) is 4.03. The maximum atomic E-state index is 12.0. The summed E-state index contributed by atoms with van der Waals surface area (Å²) in [6.07, 6.45) is 5.01. The SMILES string of the molecule is O=C(NC1CCCC(C(=O)O)C1)c1n[nH]c(C2CC2)n1. The average molecular weight is 278 g/mol. The number of rotatable bonds is 4. The molecule has 20 heavy (non-hydrogen) atoms. The summed E-state index contributed by atoms with van der Waals surface area (Å²) in [7, 11) is 0. The van der Waals surface area contributed by atoms with Gasteiger partial charge >= 0.3 is 5.97 Å².